The minimum atomic E-state index is -0.795. The molecule has 1 aliphatic heterocycles. The fourth-order valence-corrected chi connectivity index (χ4v) is 5.93. The van der Waals surface area contributed by atoms with Crippen molar-refractivity contribution in [3.63, 3.8) is 0 Å². The number of para-hydroxylation sites is 1. The van der Waals surface area contributed by atoms with Gasteiger partial charge >= 0.3 is 5.97 Å². The highest BCUT2D eigenvalue weighted by molar-refractivity contribution is 6.09. The second-order valence-electron chi connectivity index (χ2n) is 9.10. The van der Waals surface area contributed by atoms with Crippen molar-refractivity contribution in [1.29, 1.82) is 0 Å². The van der Waals surface area contributed by atoms with Gasteiger partial charge < -0.3 is 10.1 Å². The summed E-state index contributed by atoms with van der Waals surface area (Å²) < 4.78 is 5.08. The van der Waals surface area contributed by atoms with Crippen LogP contribution in [-0.4, -0.2) is 41.7 Å². The third kappa shape index (κ3) is 3.34. The van der Waals surface area contributed by atoms with Crippen molar-refractivity contribution in [1.82, 2.24) is 4.90 Å². The molecule has 2 bridgehead atoms. The topological polar surface area (TPSA) is 92.8 Å². The van der Waals surface area contributed by atoms with Crippen LogP contribution in [0.3, 0.4) is 0 Å². The normalized spacial score (nSPS) is 23.4. The Morgan fingerprint density at radius 3 is 1.66 bits per heavy atom. The van der Waals surface area contributed by atoms with E-state index in [1.54, 1.807) is 24.3 Å². The monoisotopic (exact) mass is 466 g/mol. The number of hydrogen-bond donors (Lipinski definition) is 1. The minimum absolute atomic E-state index is 0.230. The molecule has 4 aliphatic rings. The molecule has 1 saturated heterocycles. The first-order valence-corrected chi connectivity index (χ1v) is 11.6. The summed E-state index contributed by atoms with van der Waals surface area (Å²) in [5.74, 6) is -3.57. The van der Waals surface area contributed by atoms with Crippen LogP contribution in [0.2, 0.25) is 0 Å². The Kier molecular flexibility index (Phi) is 4.99. The summed E-state index contributed by atoms with van der Waals surface area (Å²) in [6, 6.07) is 24.7. The van der Waals surface area contributed by atoms with Crippen LogP contribution in [0, 0.1) is 11.8 Å². The first kappa shape index (κ1) is 21.3. The van der Waals surface area contributed by atoms with Gasteiger partial charge in [-0.25, -0.2) is 0 Å². The lowest BCUT2D eigenvalue weighted by atomic mass is 9.55. The zero-order valence-corrected chi connectivity index (χ0v) is 18.7. The fraction of sp³-hybridized carbons (Fsp3) is 0.214. The molecule has 1 heterocycles. The maximum absolute atomic E-state index is 13.5. The van der Waals surface area contributed by atoms with Gasteiger partial charge in [0.15, 0.2) is 6.61 Å². The molecule has 2 atom stereocenters. The SMILES string of the molecule is O=C(COC(=O)CN1C(=O)[C@@H]2C3c4ccccc4C(c4ccccc43)[C@H]2C1=O)Nc1ccccc1. The van der Waals surface area contributed by atoms with Gasteiger partial charge in [0.25, 0.3) is 5.91 Å². The predicted octanol–water partition coefficient (Wildman–Crippen LogP) is 3.06. The van der Waals surface area contributed by atoms with E-state index in [4.69, 9.17) is 4.74 Å². The summed E-state index contributed by atoms with van der Waals surface area (Å²) in [7, 11) is 0. The van der Waals surface area contributed by atoms with Crippen LogP contribution in [0.25, 0.3) is 0 Å². The van der Waals surface area contributed by atoms with Gasteiger partial charge in [0.05, 0.1) is 11.8 Å². The second kappa shape index (κ2) is 8.20. The smallest absolute Gasteiger partial charge is 0.326 e. The Bertz CT molecular complexity index is 1250. The molecule has 0 unspecified atom stereocenters. The molecule has 7 heteroatoms. The van der Waals surface area contributed by atoms with Crippen molar-refractivity contribution < 1.29 is 23.9 Å². The van der Waals surface area contributed by atoms with Crippen molar-refractivity contribution in [3.05, 3.63) is 101 Å². The van der Waals surface area contributed by atoms with Gasteiger partial charge in [-0.05, 0) is 34.4 Å². The molecule has 174 valence electrons. The van der Waals surface area contributed by atoms with Crippen molar-refractivity contribution >= 4 is 29.4 Å². The van der Waals surface area contributed by atoms with Gasteiger partial charge in [0, 0.05) is 17.5 Å². The van der Waals surface area contributed by atoms with Crippen LogP contribution in [-0.2, 0) is 23.9 Å². The van der Waals surface area contributed by atoms with Crippen LogP contribution in [0.1, 0.15) is 34.1 Å². The molecular weight excluding hydrogens is 444 g/mol. The molecule has 0 saturated carbocycles. The fourth-order valence-electron chi connectivity index (χ4n) is 5.93. The quantitative estimate of drug-likeness (QED) is 0.461. The molecule has 7 rings (SSSR count). The summed E-state index contributed by atoms with van der Waals surface area (Å²) in [5, 5.41) is 2.63. The van der Waals surface area contributed by atoms with Gasteiger partial charge in [-0.15, -0.1) is 0 Å². The van der Waals surface area contributed by atoms with Crippen LogP contribution < -0.4 is 5.32 Å². The number of rotatable bonds is 5. The van der Waals surface area contributed by atoms with Crippen molar-refractivity contribution in [2.75, 3.05) is 18.5 Å². The third-order valence-corrected chi connectivity index (χ3v) is 7.25. The van der Waals surface area contributed by atoms with Gasteiger partial charge in [-0.3, -0.25) is 24.1 Å². The highest BCUT2D eigenvalue weighted by Gasteiger charge is 2.61. The van der Waals surface area contributed by atoms with Crippen LogP contribution in [0.5, 0.6) is 0 Å². The van der Waals surface area contributed by atoms with Crippen LogP contribution in [0.15, 0.2) is 78.9 Å². The molecule has 1 fully saturated rings. The maximum atomic E-state index is 13.5. The summed E-state index contributed by atoms with van der Waals surface area (Å²) in [5.41, 5.74) is 4.86. The zero-order valence-electron chi connectivity index (χ0n) is 18.7. The van der Waals surface area contributed by atoms with Gasteiger partial charge in [-0.2, -0.15) is 0 Å². The summed E-state index contributed by atoms with van der Waals surface area (Å²) >= 11 is 0. The molecule has 0 radical (unpaired) electrons. The number of nitrogens with zero attached hydrogens (tertiary/aromatic N) is 1. The molecule has 1 N–H and O–H groups in total. The molecule has 35 heavy (non-hydrogen) atoms. The lowest BCUT2D eigenvalue weighted by Crippen LogP contribution is -2.41. The van der Waals surface area contributed by atoms with E-state index >= 15 is 0 Å². The van der Waals surface area contributed by atoms with E-state index in [9.17, 15) is 19.2 Å². The first-order valence-electron chi connectivity index (χ1n) is 11.6. The average Bonchev–Trinajstić information content (AvgIpc) is 3.13. The Morgan fingerprint density at radius 2 is 1.17 bits per heavy atom. The Labute approximate surface area is 201 Å². The number of ether oxygens (including phenoxy) is 1. The van der Waals surface area contributed by atoms with E-state index in [2.05, 4.69) is 5.32 Å². The molecule has 3 aliphatic carbocycles. The van der Waals surface area contributed by atoms with Gasteiger partial charge in [-0.1, -0.05) is 66.7 Å². The Balaban J connectivity index is 1.20. The molecule has 0 aromatic heterocycles. The van der Waals surface area contributed by atoms with Crippen molar-refractivity contribution in [3.8, 4) is 0 Å². The standard InChI is InChI=1S/C28H22N2O5/c31-21(29-16-8-2-1-3-9-16)15-35-22(32)14-30-27(33)25-23-17-10-4-5-11-18(17)24(26(25)28(30)34)20-13-7-6-12-19(20)23/h1-13,23-26H,14-15H2,(H,29,31)/t23?,24?,25-,26-/m1/s1. The zero-order chi connectivity index (χ0) is 24.1. The number of likely N-dealkylation sites (tertiary alicyclic amines) is 1. The molecule has 0 spiro atoms. The third-order valence-electron chi connectivity index (χ3n) is 7.25. The minimum Gasteiger partial charge on any atom is -0.454 e. The number of anilines is 1. The molecule has 3 amide bonds. The van der Waals surface area contributed by atoms with E-state index in [0.717, 1.165) is 27.2 Å². The van der Waals surface area contributed by atoms with E-state index in [1.807, 2.05) is 54.6 Å². The molecule has 7 nitrogen and oxygen atoms in total. The Morgan fingerprint density at radius 1 is 0.714 bits per heavy atom. The number of esters is 1. The Hall–Kier alpha value is -4.26. The highest BCUT2D eigenvalue weighted by atomic mass is 16.5. The largest absolute Gasteiger partial charge is 0.454 e. The van der Waals surface area contributed by atoms with Gasteiger partial charge in [0.2, 0.25) is 11.8 Å². The average molecular weight is 466 g/mol. The maximum Gasteiger partial charge on any atom is 0.326 e. The van der Waals surface area contributed by atoms with E-state index in [0.29, 0.717) is 5.69 Å². The van der Waals surface area contributed by atoms with Crippen LogP contribution in [0.4, 0.5) is 5.69 Å². The van der Waals surface area contributed by atoms with Gasteiger partial charge in [0.1, 0.15) is 6.54 Å². The van der Waals surface area contributed by atoms with E-state index in [1.165, 1.54) is 0 Å². The number of amides is 3. The number of carbonyl (C=O) groups is 4. The number of carbonyl (C=O) groups excluding carboxylic acids is 4. The molecular formula is C28H22N2O5. The first-order chi connectivity index (χ1) is 17.0. The van der Waals surface area contributed by atoms with E-state index < -0.39 is 36.9 Å². The molecule has 3 aromatic rings. The lowest BCUT2D eigenvalue weighted by molar-refractivity contribution is -0.154. The summed E-state index contributed by atoms with van der Waals surface area (Å²) in [6.07, 6.45) is 0. The summed E-state index contributed by atoms with van der Waals surface area (Å²) in [4.78, 5) is 52.6. The van der Waals surface area contributed by atoms with Crippen LogP contribution >= 0.6 is 0 Å². The number of nitrogens with one attached hydrogen (secondary N) is 1. The van der Waals surface area contributed by atoms with E-state index in [-0.39, 0.29) is 23.7 Å². The second-order valence-corrected chi connectivity index (χ2v) is 9.10. The predicted molar refractivity (Wildman–Crippen MR) is 126 cm³/mol. The van der Waals surface area contributed by atoms with Crippen molar-refractivity contribution in [2.45, 2.75) is 11.8 Å². The number of hydrogen-bond acceptors (Lipinski definition) is 5. The highest BCUT2D eigenvalue weighted by Crippen LogP contribution is 2.60. The lowest BCUT2D eigenvalue weighted by Gasteiger charge is -2.45. The number of benzene rings is 3. The number of imide groups is 1. The molecule has 3 aromatic carbocycles. The summed E-state index contributed by atoms with van der Waals surface area (Å²) in [6.45, 7) is -1.01. The van der Waals surface area contributed by atoms with Crippen molar-refractivity contribution in [2.24, 2.45) is 11.8 Å².